The molecule has 224 valence electrons. The molecule has 46 heavy (non-hydrogen) atoms. The van der Waals surface area contributed by atoms with E-state index in [0.29, 0.717) is 33.5 Å². The second kappa shape index (κ2) is 12.7. The van der Waals surface area contributed by atoms with Crippen LogP contribution < -0.4 is 15.4 Å². The van der Waals surface area contributed by atoms with Gasteiger partial charge in [0.25, 0.3) is 17.8 Å². The van der Waals surface area contributed by atoms with Crippen molar-refractivity contribution >= 4 is 45.5 Å². The summed E-state index contributed by atoms with van der Waals surface area (Å²) in [6, 6.07) is 25.5. The van der Waals surface area contributed by atoms with Gasteiger partial charge >= 0.3 is 0 Å². The Morgan fingerprint density at radius 2 is 1.61 bits per heavy atom. The van der Waals surface area contributed by atoms with Crippen molar-refractivity contribution in [1.82, 2.24) is 19.7 Å². The molecule has 0 fully saturated rings. The number of hydrogen-bond donors (Lipinski definition) is 3. The Morgan fingerprint density at radius 1 is 0.891 bits per heavy atom. The second-order valence-electron chi connectivity index (χ2n) is 9.71. The molecule has 6 aromatic rings. The minimum Gasteiger partial charge on any atom is -0.505 e. The monoisotopic (exact) mass is 609 g/mol. The molecule has 2 aromatic heterocycles. The molecule has 13 nitrogen and oxygen atoms in total. The Bertz CT molecular complexity index is 2140. The minimum atomic E-state index is -0.638. The standard InChI is InChI=1S/C33H23N9O4/c1-46-25-11-9-24(10-12-25)39-32(45)27-17-21-16-20(31(44)38-23-6-3-2-4-7-23)8-13-26(21)28(29(27)43)40-41-30-22(18-34)19-37-42(30)33-35-14-5-15-36-33/h2-17,19,43H,1H3,(H,38,44)(H,39,45)/b41-40+. The van der Waals surface area contributed by atoms with Gasteiger partial charge in [0.2, 0.25) is 0 Å². The average molecular weight is 610 g/mol. The van der Waals surface area contributed by atoms with Crippen LogP contribution in [-0.2, 0) is 0 Å². The Kier molecular flexibility index (Phi) is 8.07. The fourth-order valence-corrected chi connectivity index (χ4v) is 4.55. The van der Waals surface area contributed by atoms with Gasteiger partial charge in [-0.25, -0.2) is 9.97 Å². The van der Waals surface area contributed by atoms with Crippen molar-refractivity contribution in [1.29, 1.82) is 5.26 Å². The molecule has 4 aromatic carbocycles. The molecule has 13 heteroatoms. The maximum absolute atomic E-state index is 13.5. The Hall–Kier alpha value is -6.94. The van der Waals surface area contributed by atoms with Gasteiger partial charge in [-0.15, -0.1) is 10.2 Å². The number of methoxy groups -OCH3 is 1. The number of nitriles is 1. The maximum Gasteiger partial charge on any atom is 0.259 e. The van der Waals surface area contributed by atoms with Crippen LogP contribution in [0.3, 0.4) is 0 Å². The predicted octanol–water partition coefficient (Wildman–Crippen LogP) is 6.32. The summed E-state index contributed by atoms with van der Waals surface area (Å²) in [5.41, 5.74) is 1.25. The van der Waals surface area contributed by atoms with Crippen LogP contribution in [-0.4, -0.2) is 43.8 Å². The normalized spacial score (nSPS) is 10.9. The van der Waals surface area contributed by atoms with E-state index in [1.54, 1.807) is 72.8 Å². The van der Waals surface area contributed by atoms with E-state index in [1.807, 2.05) is 12.1 Å². The molecule has 0 aliphatic carbocycles. The Morgan fingerprint density at radius 3 is 2.33 bits per heavy atom. The zero-order valence-electron chi connectivity index (χ0n) is 24.1. The third-order valence-electron chi connectivity index (χ3n) is 6.82. The highest BCUT2D eigenvalue weighted by molar-refractivity contribution is 6.13. The number of nitrogens with zero attached hydrogens (tertiary/aromatic N) is 7. The lowest BCUT2D eigenvalue weighted by molar-refractivity contribution is 0.101. The van der Waals surface area contributed by atoms with Crippen LogP contribution in [0.25, 0.3) is 16.7 Å². The number of amides is 2. The molecule has 0 saturated heterocycles. The number of phenols is 1. The van der Waals surface area contributed by atoms with Gasteiger partial charge in [0.1, 0.15) is 23.1 Å². The van der Waals surface area contributed by atoms with E-state index < -0.39 is 11.7 Å². The number of anilines is 2. The van der Waals surface area contributed by atoms with Crippen molar-refractivity contribution in [2.24, 2.45) is 10.2 Å². The molecule has 0 radical (unpaired) electrons. The summed E-state index contributed by atoms with van der Waals surface area (Å²) in [7, 11) is 1.53. The molecule has 0 aliphatic heterocycles. The topological polar surface area (TPSA) is 180 Å². The molecule has 0 saturated carbocycles. The number of rotatable bonds is 8. The lowest BCUT2D eigenvalue weighted by Gasteiger charge is -2.13. The summed E-state index contributed by atoms with van der Waals surface area (Å²) in [5, 5.41) is 40.2. The van der Waals surface area contributed by atoms with Gasteiger partial charge in [-0.1, -0.05) is 24.3 Å². The minimum absolute atomic E-state index is 0.00759. The van der Waals surface area contributed by atoms with Crippen molar-refractivity contribution < 1.29 is 19.4 Å². The first-order chi connectivity index (χ1) is 22.4. The number of fused-ring (bicyclic) bond motifs is 1. The summed E-state index contributed by atoms with van der Waals surface area (Å²) in [6.45, 7) is 0. The second-order valence-corrected chi connectivity index (χ2v) is 9.71. The van der Waals surface area contributed by atoms with E-state index in [2.05, 4.69) is 35.9 Å². The van der Waals surface area contributed by atoms with E-state index in [4.69, 9.17) is 4.74 Å². The number of hydrogen-bond acceptors (Lipinski definition) is 10. The van der Waals surface area contributed by atoms with Gasteiger partial charge in [-0.2, -0.15) is 15.0 Å². The molecule has 0 spiro atoms. The number of carbonyl (C=O) groups is 2. The fourth-order valence-electron chi connectivity index (χ4n) is 4.55. The van der Waals surface area contributed by atoms with Crippen LogP contribution in [0.1, 0.15) is 26.3 Å². The van der Waals surface area contributed by atoms with Crippen LogP contribution in [0.5, 0.6) is 11.5 Å². The van der Waals surface area contributed by atoms with E-state index >= 15 is 0 Å². The van der Waals surface area contributed by atoms with Gasteiger partial charge in [0.15, 0.2) is 11.6 Å². The van der Waals surface area contributed by atoms with Crippen molar-refractivity contribution in [3.05, 3.63) is 120 Å². The molecule has 2 amide bonds. The lowest BCUT2D eigenvalue weighted by Crippen LogP contribution is -2.13. The third kappa shape index (κ3) is 5.94. The highest BCUT2D eigenvalue weighted by Gasteiger charge is 2.21. The van der Waals surface area contributed by atoms with Crippen molar-refractivity contribution in [2.45, 2.75) is 0 Å². The number of nitrogens with one attached hydrogen (secondary N) is 2. The Balaban J connectivity index is 1.45. The smallest absolute Gasteiger partial charge is 0.259 e. The average Bonchev–Trinajstić information content (AvgIpc) is 3.51. The van der Waals surface area contributed by atoms with Crippen LogP contribution in [0.15, 0.2) is 114 Å². The van der Waals surface area contributed by atoms with Gasteiger partial charge in [0, 0.05) is 34.7 Å². The third-order valence-corrected chi connectivity index (χ3v) is 6.82. The molecular weight excluding hydrogens is 586 g/mol. The summed E-state index contributed by atoms with van der Waals surface area (Å²) in [6.07, 6.45) is 4.30. The van der Waals surface area contributed by atoms with Crippen LogP contribution in [0, 0.1) is 11.3 Å². The number of aromatic nitrogens is 4. The summed E-state index contributed by atoms with van der Waals surface area (Å²) in [4.78, 5) is 34.9. The van der Waals surface area contributed by atoms with Gasteiger partial charge in [-0.05, 0) is 66.0 Å². The number of ether oxygens (including phenoxy) is 1. The molecule has 2 heterocycles. The van der Waals surface area contributed by atoms with Gasteiger partial charge < -0.3 is 20.5 Å². The summed E-state index contributed by atoms with van der Waals surface area (Å²) < 4.78 is 6.41. The van der Waals surface area contributed by atoms with Gasteiger partial charge in [-0.3, -0.25) is 9.59 Å². The first-order valence-corrected chi connectivity index (χ1v) is 13.7. The summed E-state index contributed by atoms with van der Waals surface area (Å²) in [5.74, 6) is -0.724. The molecule has 0 atom stereocenters. The summed E-state index contributed by atoms with van der Waals surface area (Å²) >= 11 is 0. The first-order valence-electron chi connectivity index (χ1n) is 13.7. The predicted molar refractivity (Wildman–Crippen MR) is 169 cm³/mol. The van der Waals surface area contributed by atoms with E-state index in [0.717, 1.165) is 0 Å². The van der Waals surface area contributed by atoms with Crippen molar-refractivity contribution in [3.63, 3.8) is 0 Å². The van der Waals surface area contributed by atoms with E-state index in [1.165, 1.54) is 36.4 Å². The quantitative estimate of drug-likeness (QED) is 0.168. The zero-order chi connectivity index (χ0) is 32.0. The lowest BCUT2D eigenvalue weighted by atomic mass is 10.0. The highest BCUT2D eigenvalue weighted by atomic mass is 16.5. The van der Waals surface area contributed by atoms with E-state index in [9.17, 15) is 20.0 Å². The SMILES string of the molecule is COc1ccc(NC(=O)c2cc3cc(C(=O)Nc4ccccc4)ccc3c(/N=N/c3c(C#N)cnn3-c3ncccn3)c2O)cc1. The van der Waals surface area contributed by atoms with Crippen LogP contribution in [0.4, 0.5) is 22.9 Å². The van der Waals surface area contributed by atoms with Crippen LogP contribution >= 0.6 is 0 Å². The number of azo groups is 1. The Labute approximate surface area is 261 Å². The fraction of sp³-hybridized carbons (Fsp3) is 0.0303. The van der Waals surface area contributed by atoms with Gasteiger partial charge in [0.05, 0.1) is 18.9 Å². The molecule has 0 aliphatic rings. The molecule has 0 unspecified atom stereocenters. The van der Waals surface area contributed by atoms with Crippen molar-refractivity contribution in [3.8, 4) is 23.5 Å². The highest BCUT2D eigenvalue weighted by Crippen LogP contribution is 2.40. The number of para-hydroxylation sites is 1. The van der Waals surface area contributed by atoms with Crippen LogP contribution in [0.2, 0.25) is 0 Å². The maximum atomic E-state index is 13.5. The zero-order valence-corrected chi connectivity index (χ0v) is 24.1. The number of phenolic OH excluding ortho intramolecular Hbond substituents is 1. The number of carbonyl (C=O) groups excluding carboxylic acids is 2. The largest absolute Gasteiger partial charge is 0.505 e. The first kappa shape index (κ1) is 29.1. The molecule has 6 rings (SSSR count). The number of benzene rings is 4. The molecular formula is C33H23N9O4. The van der Waals surface area contributed by atoms with Crippen molar-refractivity contribution in [2.75, 3.05) is 17.7 Å². The van der Waals surface area contributed by atoms with E-state index in [-0.39, 0.29) is 34.5 Å². The number of aromatic hydroxyl groups is 1. The molecule has 3 N–H and O–H groups in total. The molecule has 0 bridgehead atoms.